The third-order valence-corrected chi connectivity index (χ3v) is 3.96. The number of hydrogen-bond acceptors (Lipinski definition) is 3. The lowest BCUT2D eigenvalue weighted by Crippen LogP contribution is -2.33. The normalized spacial score (nSPS) is 11.6. The van der Waals surface area contributed by atoms with Crippen LogP contribution < -0.4 is 10.1 Å². The second-order valence-electron chi connectivity index (χ2n) is 4.99. The maximum absolute atomic E-state index is 12.1. The van der Waals surface area contributed by atoms with Gasteiger partial charge in [0.1, 0.15) is 5.75 Å². The van der Waals surface area contributed by atoms with Gasteiger partial charge in [-0.2, -0.15) is 0 Å². The number of ether oxygens (including phenoxy) is 1. The van der Waals surface area contributed by atoms with Crippen LogP contribution in [-0.2, 0) is 9.59 Å². The predicted octanol–water partition coefficient (Wildman–Crippen LogP) is 3.81. The van der Waals surface area contributed by atoms with Gasteiger partial charge in [-0.3, -0.25) is 9.59 Å². The number of aliphatic carboxylic acids is 1. The van der Waals surface area contributed by atoms with Crippen LogP contribution in [0.2, 0.25) is 5.02 Å². The number of hydrogen-bond donors (Lipinski definition) is 2. The molecule has 0 spiro atoms. The molecule has 0 fully saturated rings. The fraction of sp³-hybridized carbons (Fsp3) is 0.176. The molecular weight excluding hydrogens is 398 g/mol. The number of rotatable bonds is 7. The lowest BCUT2D eigenvalue weighted by molar-refractivity contribution is -0.137. The highest BCUT2D eigenvalue weighted by molar-refractivity contribution is 9.10. The Kier molecular flexibility index (Phi) is 6.63. The molecule has 0 saturated carbocycles. The summed E-state index contributed by atoms with van der Waals surface area (Å²) in [6.45, 7) is -0.260. The lowest BCUT2D eigenvalue weighted by Gasteiger charge is -2.17. The molecule has 1 amide bonds. The smallest absolute Gasteiger partial charge is 0.305 e. The van der Waals surface area contributed by atoms with Crippen LogP contribution in [-0.4, -0.2) is 23.6 Å². The molecule has 126 valence electrons. The Morgan fingerprint density at radius 3 is 2.54 bits per heavy atom. The molecule has 1 unspecified atom stereocenters. The van der Waals surface area contributed by atoms with E-state index in [1.165, 1.54) is 0 Å². The van der Waals surface area contributed by atoms with E-state index in [2.05, 4.69) is 21.2 Å². The van der Waals surface area contributed by atoms with Crippen molar-refractivity contribution in [2.75, 3.05) is 6.61 Å². The van der Waals surface area contributed by atoms with Crippen LogP contribution in [0.5, 0.6) is 5.75 Å². The third kappa shape index (κ3) is 5.54. The number of carboxylic acid groups (broad SMARTS) is 1. The van der Waals surface area contributed by atoms with Crippen LogP contribution in [0.1, 0.15) is 18.0 Å². The van der Waals surface area contributed by atoms with Crippen LogP contribution in [0.25, 0.3) is 0 Å². The number of benzene rings is 2. The van der Waals surface area contributed by atoms with Crippen molar-refractivity contribution in [3.63, 3.8) is 0 Å². The van der Waals surface area contributed by atoms with Crippen molar-refractivity contribution < 1.29 is 19.4 Å². The van der Waals surface area contributed by atoms with Crippen molar-refractivity contribution in [3.05, 3.63) is 63.6 Å². The van der Waals surface area contributed by atoms with Gasteiger partial charge in [-0.1, -0.05) is 57.9 Å². The highest BCUT2D eigenvalue weighted by Gasteiger charge is 2.18. The van der Waals surface area contributed by atoms with Crippen LogP contribution >= 0.6 is 27.5 Å². The van der Waals surface area contributed by atoms with Gasteiger partial charge in [0.25, 0.3) is 5.91 Å². The molecule has 0 saturated heterocycles. The predicted molar refractivity (Wildman–Crippen MR) is 94.2 cm³/mol. The minimum atomic E-state index is -0.999. The molecule has 0 aliphatic heterocycles. The topological polar surface area (TPSA) is 75.6 Å². The Morgan fingerprint density at radius 1 is 1.21 bits per heavy atom. The third-order valence-electron chi connectivity index (χ3n) is 3.17. The summed E-state index contributed by atoms with van der Waals surface area (Å²) in [6.07, 6.45) is -0.213. The van der Waals surface area contributed by atoms with E-state index in [0.717, 1.165) is 10.0 Å². The molecule has 0 aliphatic rings. The highest BCUT2D eigenvalue weighted by Crippen LogP contribution is 2.27. The summed E-state index contributed by atoms with van der Waals surface area (Å²) in [5.74, 6) is -1.05. The summed E-state index contributed by atoms with van der Waals surface area (Å²) in [5, 5.41) is 12.1. The summed E-state index contributed by atoms with van der Waals surface area (Å²) in [6, 6.07) is 13.3. The quantitative estimate of drug-likeness (QED) is 0.725. The van der Waals surface area contributed by atoms with E-state index < -0.39 is 17.9 Å². The van der Waals surface area contributed by atoms with Crippen molar-refractivity contribution in [1.29, 1.82) is 0 Å². The first-order valence-corrected chi connectivity index (χ1v) is 8.27. The summed E-state index contributed by atoms with van der Waals surface area (Å²) in [5.41, 5.74) is 0.718. The van der Waals surface area contributed by atoms with E-state index in [1.807, 2.05) is 6.07 Å². The first-order valence-electron chi connectivity index (χ1n) is 7.09. The largest absolute Gasteiger partial charge is 0.482 e. The molecule has 0 aliphatic carbocycles. The minimum Gasteiger partial charge on any atom is -0.482 e. The fourth-order valence-electron chi connectivity index (χ4n) is 2.08. The Morgan fingerprint density at radius 2 is 1.92 bits per heavy atom. The van der Waals surface area contributed by atoms with Gasteiger partial charge in [0, 0.05) is 4.47 Å². The second-order valence-corrected chi connectivity index (χ2v) is 6.31. The van der Waals surface area contributed by atoms with E-state index in [1.54, 1.807) is 42.5 Å². The molecule has 1 atom stereocenters. The second kappa shape index (κ2) is 8.70. The monoisotopic (exact) mass is 411 g/mol. The fourth-order valence-corrected chi connectivity index (χ4v) is 2.81. The van der Waals surface area contributed by atoms with E-state index >= 15 is 0 Å². The molecule has 2 rings (SSSR count). The lowest BCUT2D eigenvalue weighted by atomic mass is 10.0. The van der Waals surface area contributed by atoms with Gasteiger partial charge in [0.05, 0.1) is 17.5 Å². The minimum absolute atomic E-state index is 0.213. The van der Waals surface area contributed by atoms with Gasteiger partial charge in [-0.25, -0.2) is 0 Å². The molecule has 0 aromatic heterocycles. The first kappa shape index (κ1) is 18.3. The number of carboxylic acids is 1. The zero-order valence-electron chi connectivity index (χ0n) is 12.5. The van der Waals surface area contributed by atoms with Gasteiger partial charge >= 0.3 is 5.97 Å². The molecular formula is C17H15BrClNO4. The average Bonchev–Trinajstić information content (AvgIpc) is 2.54. The number of carbonyl (C=O) groups excluding carboxylic acids is 1. The van der Waals surface area contributed by atoms with Crippen LogP contribution in [0.15, 0.2) is 53.0 Å². The average molecular weight is 413 g/mol. The maximum Gasteiger partial charge on any atom is 0.305 e. The van der Waals surface area contributed by atoms with E-state index in [9.17, 15) is 9.59 Å². The molecule has 2 aromatic rings. The number of nitrogens with one attached hydrogen (secondary N) is 1. The Bertz CT molecular complexity index is 724. The van der Waals surface area contributed by atoms with Crippen LogP contribution in [0.4, 0.5) is 0 Å². The van der Waals surface area contributed by atoms with Crippen molar-refractivity contribution in [1.82, 2.24) is 5.32 Å². The number of carbonyl (C=O) groups is 2. The van der Waals surface area contributed by atoms with Crippen LogP contribution in [0, 0.1) is 0 Å². The Balaban J connectivity index is 1.98. The summed E-state index contributed by atoms with van der Waals surface area (Å²) in [7, 11) is 0. The molecule has 0 heterocycles. The molecule has 5 nitrogen and oxygen atoms in total. The zero-order valence-corrected chi connectivity index (χ0v) is 14.9. The van der Waals surface area contributed by atoms with Gasteiger partial charge < -0.3 is 15.2 Å². The van der Waals surface area contributed by atoms with Crippen molar-refractivity contribution in [2.45, 2.75) is 12.5 Å². The Labute approximate surface area is 152 Å². The van der Waals surface area contributed by atoms with Crippen molar-refractivity contribution >= 4 is 39.4 Å². The van der Waals surface area contributed by atoms with Gasteiger partial charge in [-0.15, -0.1) is 0 Å². The SMILES string of the molecule is O=C(O)CC(NC(=O)COc1ccc(Br)cc1Cl)c1ccccc1. The summed E-state index contributed by atoms with van der Waals surface area (Å²) in [4.78, 5) is 23.1. The van der Waals surface area contributed by atoms with E-state index in [0.29, 0.717) is 10.8 Å². The number of halogens is 2. The van der Waals surface area contributed by atoms with Crippen LogP contribution in [0.3, 0.4) is 0 Å². The first-order chi connectivity index (χ1) is 11.5. The van der Waals surface area contributed by atoms with E-state index in [-0.39, 0.29) is 13.0 Å². The van der Waals surface area contributed by atoms with Gasteiger partial charge in [0.15, 0.2) is 6.61 Å². The van der Waals surface area contributed by atoms with Crippen molar-refractivity contribution in [3.8, 4) is 5.75 Å². The number of amides is 1. The van der Waals surface area contributed by atoms with Gasteiger partial charge in [-0.05, 0) is 23.8 Å². The molecule has 24 heavy (non-hydrogen) atoms. The molecule has 0 radical (unpaired) electrons. The molecule has 0 bridgehead atoms. The Hall–Kier alpha value is -2.05. The molecule has 7 heteroatoms. The summed E-state index contributed by atoms with van der Waals surface area (Å²) >= 11 is 9.30. The molecule has 2 N–H and O–H groups in total. The maximum atomic E-state index is 12.1. The highest BCUT2D eigenvalue weighted by atomic mass is 79.9. The molecule has 2 aromatic carbocycles. The van der Waals surface area contributed by atoms with Crippen molar-refractivity contribution in [2.24, 2.45) is 0 Å². The van der Waals surface area contributed by atoms with E-state index in [4.69, 9.17) is 21.4 Å². The standard InChI is InChI=1S/C17H15BrClNO4/c18-12-6-7-15(13(19)8-12)24-10-16(21)20-14(9-17(22)23)11-4-2-1-3-5-11/h1-8,14H,9-10H2,(H,20,21)(H,22,23). The van der Waals surface area contributed by atoms with Gasteiger partial charge in [0.2, 0.25) is 0 Å². The zero-order chi connectivity index (χ0) is 17.5. The summed E-state index contributed by atoms with van der Waals surface area (Å²) < 4.78 is 6.18.